The Balaban J connectivity index is 3.58. The lowest BCUT2D eigenvalue weighted by atomic mass is 9.98. The van der Waals surface area contributed by atoms with Gasteiger partial charge in [0, 0.05) is 0 Å². The largest absolute Gasteiger partial charge is 0.294 e. The number of hydrazine groups is 2. The SMILES string of the molecule is CCCCCCCCCCCCC(C(=O)NN)C(=O)NN. The number of amides is 2. The predicted molar refractivity (Wildman–Crippen MR) is 84.6 cm³/mol. The van der Waals surface area contributed by atoms with Gasteiger partial charge in [-0.25, -0.2) is 11.7 Å². The van der Waals surface area contributed by atoms with Crippen LogP contribution in [0.3, 0.4) is 0 Å². The predicted octanol–water partition coefficient (Wildman–Crippen LogP) is 1.89. The van der Waals surface area contributed by atoms with E-state index in [9.17, 15) is 9.59 Å². The number of nitrogens with two attached hydrogens (primary N) is 2. The molecule has 2 amide bonds. The van der Waals surface area contributed by atoms with E-state index in [0.29, 0.717) is 6.42 Å². The molecule has 21 heavy (non-hydrogen) atoms. The highest BCUT2D eigenvalue weighted by Crippen LogP contribution is 2.14. The zero-order valence-electron chi connectivity index (χ0n) is 13.3. The van der Waals surface area contributed by atoms with Gasteiger partial charge in [-0.05, 0) is 6.42 Å². The molecule has 124 valence electrons. The summed E-state index contributed by atoms with van der Waals surface area (Å²) >= 11 is 0. The molecule has 0 saturated carbocycles. The van der Waals surface area contributed by atoms with E-state index in [1.807, 2.05) is 10.9 Å². The first kappa shape index (κ1) is 19.9. The van der Waals surface area contributed by atoms with Crippen LogP contribution < -0.4 is 22.5 Å². The van der Waals surface area contributed by atoms with Crippen LogP contribution in [0.25, 0.3) is 0 Å². The number of carbonyl (C=O) groups is 2. The Hall–Kier alpha value is -1.14. The van der Waals surface area contributed by atoms with E-state index >= 15 is 0 Å². The lowest BCUT2D eigenvalue weighted by molar-refractivity contribution is -0.135. The molecule has 0 aliphatic rings. The quantitative estimate of drug-likeness (QED) is 0.137. The third kappa shape index (κ3) is 10.3. The van der Waals surface area contributed by atoms with Crippen molar-refractivity contribution < 1.29 is 9.59 Å². The van der Waals surface area contributed by atoms with Crippen molar-refractivity contribution in [3.63, 3.8) is 0 Å². The van der Waals surface area contributed by atoms with Crippen molar-refractivity contribution in [2.45, 2.75) is 77.6 Å². The Labute approximate surface area is 128 Å². The van der Waals surface area contributed by atoms with Crippen LogP contribution in [0.2, 0.25) is 0 Å². The number of rotatable bonds is 13. The summed E-state index contributed by atoms with van der Waals surface area (Å²) in [5, 5.41) is 0. The molecule has 0 bridgehead atoms. The summed E-state index contributed by atoms with van der Waals surface area (Å²) in [6, 6.07) is 0. The number of carbonyl (C=O) groups excluding carboxylic acids is 2. The van der Waals surface area contributed by atoms with Crippen molar-refractivity contribution in [2.24, 2.45) is 17.6 Å². The van der Waals surface area contributed by atoms with Gasteiger partial charge in [-0.3, -0.25) is 20.4 Å². The first-order valence-electron chi connectivity index (χ1n) is 8.18. The summed E-state index contributed by atoms with van der Waals surface area (Å²) in [5.41, 5.74) is 4.02. The fourth-order valence-corrected chi connectivity index (χ4v) is 2.42. The molecule has 0 atom stereocenters. The first-order chi connectivity index (χ1) is 10.2. The molecule has 6 heteroatoms. The van der Waals surface area contributed by atoms with E-state index in [0.717, 1.165) is 19.3 Å². The second kappa shape index (κ2) is 13.8. The fourth-order valence-electron chi connectivity index (χ4n) is 2.42. The molecule has 0 radical (unpaired) electrons. The standard InChI is InChI=1S/C15H32N4O2/c1-2-3-4-5-6-7-8-9-10-11-12-13(14(20)18-16)15(21)19-17/h13H,2-12,16-17H2,1H3,(H,18,20)(H,19,21). The number of hydrogen-bond donors (Lipinski definition) is 4. The monoisotopic (exact) mass is 300 g/mol. The van der Waals surface area contributed by atoms with Gasteiger partial charge in [0.25, 0.3) is 0 Å². The summed E-state index contributed by atoms with van der Waals surface area (Å²) in [7, 11) is 0. The zero-order chi connectivity index (χ0) is 15.9. The molecular formula is C15H32N4O2. The van der Waals surface area contributed by atoms with Gasteiger partial charge < -0.3 is 0 Å². The Morgan fingerprint density at radius 2 is 1.14 bits per heavy atom. The smallest absolute Gasteiger partial charge is 0.246 e. The molecule has 0 unspecified atom stereocenters. The number of nitrogens with one attached hydrogen (secondary N) is 2. The topological polar surface area (TPSA) is 110 Å². The summed E-state index contributed by atoms with van der Waals surface area (Å²) in [5.74, 6) is 8.39. The third-order valence-electron chi connectivity index (χ3n) is 3.76. The van der Waals surface area contributed by atoms with Crippen molar-refractivity contribution in [1.82, 2.24) is 10.9 Å². The van der Waals surface area contributed by atoms with E-state index in [1.54, 1.807) is 0 Å². The van der Waals surface area contributed by atoms with Gasteiger partial charge in [-0.1, -0.05) is 71.1 Å². The molecule has 0 aromatic carbocycles. The molecule has 0 spiro atoms. The minimum atomic E-state index is -0.783. The summed E-state index contributed by atoms with van der Waals surface area (Å²) in [4.78, 5) is 22.9. The van der Waals surface area contributed by atoms with Gasteiger partial charge in [0.05, 0.1) is 0 Å². The maximum absolute atomic E-state index is 11.5. The van der Waals surface area contributed by atoms with Gasteiger partial charge in [-0.2, -0.15) is 0 Å². The van der Waals surface area contributed by atoms with Crippen LogP contribution in [0.1, 0.15) is 77.6 Å². The Morgan fingerprint density at radius 3 is 1.52 bits per heavy atom. The molecule has 0 aliphatic heterocycles. The Kier molecular flexibility index (Phi) is 13.1. The highest BCUT2D eigenvalue weighted by atomic mass is 16.2. The number of hydrogen-bond acceptors (Lipinski definition) is 4. The van der Waals surface area contributed by atoms with E-state index in [2.05, 4.69) is 6.92 Å². The molecule has 0 heterocycles. The average Bonchev–Trinajstić information content (AvgIpc) is 2.51. The van der Waals surface area contributed by atoms with E-state index in [1.165, 1.54) is 44.9 Å². The molecular weight excluding hydrogens is 268 g/mol. The summed E-state index contributed by atoms with van der Waals surface area (Å²) in [6.45, 7) is 2.23. The summed E-state index contributed by atoms with van der Waals surface area (Å²) in [6.07, 6.45) is 12.6. The minimum absolute atomic E-state index is 0.478. The average molecular weight is 300 g/mol. The Morgan fingerprint density at radius 1 is 0.762 bits per heavy atom. The summed E-state index contributed by atoms with van der Waals surface area (Å²) < 4.78 is 0. The third-order valence-corrected chi connectivity index (χ3v) is 3.76. The van der Waals surface area contributed by atoms with Crippen LogP contribution in [0.15, 0.2) is 0 Å². The van der Waals surface area contributed by atoms with Crippen LogP contribution in [-0.2, 0) is 9.59 Å². The number of unbranched alkanes of at least 4 members (excludes halogenated alkanes) is 9. The molecule has 6 N–H and O–H groups in total. The van der Waals surface area contributed by atoms with Crippen molar-refractivity contribution in [2.75, 3.05) is 0 Å². The molecule has 6 nitrogen and oxygen atoms in total. The second-order valence-electron chi connectivity index (χ2n) is 5.54. The van der Waals surface area contributed by atoms with Gasteiger partial charge in [-0.15, -0.1) is 0 Å². The maximum Gasteiger partial charge on any atom is 0.246 e. The van der Waals surface area contributed by atoms with Crippen molar-refractivity contribution in [3.8, 4) is 0 Å². The lowest BCUT2D eigenvalue weighted by Gasteiger charge is -2.13. The second-order valence-corrected chi connectivity index (χ2v) is 5.54. The maximum atomic E-state index is 11.5. The van der Waals surface area contributed by atoms with Crippen LogP contribution >= 0.6 is 0 Å². The van der Waals surface area contributed by atoms with Gasteiger partial charge in [0.15, 0.2) is 0 Å². The fraction of sp³-hybridized carbons (Fsp3) is 0.867. The highest BCUT2D eigenvalue weighted by Gasteiger charge is 2.24. The Bertz CT molecular complexity index is 269. The van der Waals surface area contributed by atoms with E-state index < -0.39 is 17.7 Å². The first-order valence-corrected chi connectivity index (χ1v) is 8.18. The zero-order valence-corrected chi connectivity index (χ0v) is 13.3. The molecule has 0 saturated heterocycles. The lowest BCUT2D eigenvalue weighted by Crippen LogP contribution is -2.45. The van der Waals surface area contributed by atoms with Gasteiger partial charge in [0.2, 0.25) is 11.8 Å². The molecule has 0 rings (SSSR count). The van der Waals surface area contributed by atoms with E-state index in [-0.39, 0.29) is 0 Å². The molecule has 0 aliphatic carbocycles. The van der Waals surface area contributed by atoms with Crippen molar-refractivity contribution in [1.29, 1.82) is 0 Å². The van der Waals surface area contributed by atoms with Crippen LogP contribution in [0, 0.1) is 5.92 Å². The normalized spacial score (nSPS) is 10.7. The highest BCUT2D eigenvalue weighted by molar-refractivity contribution is 5.99. The van der Waals surface area contributed by atoms with Crippen LogP contribution in [0.4, 0.5) is 0 Å². The molecule has 0 aromatic rings. The van der Waals surface area contributed by atoms with Gasteiger partial charge in [0.1, 0.15) is 5.92 Å². The minimum Gasteiger partial charge on any atom is -0.294 e. The van der Waals surface area contributed by atoms with E-state index in [4.69, 9.17) is 11.7 Å². The van der Waals surface area contributed by atoms with Crippen molar-refractivity contribution >= 4 is 11.8 Å². The van der Waals surface area contributed by atoms with Crippen LogP contribution in [-0.4, -0.2) is 11.8 Å². The van der Waals surface area contributed by atoms with Gasteiger partial charge >= 0.3 is 0 Å². The molecule has 0 aromatic heterocycles. The van der Waals surface area contributed by atoms with Crippen molar-refractivity contribution in [3.05, 3.63) is 0 Å². The van der Waals surface area contributed by atoms with Crippen LogP contribution in [0.5, 0.6) is 0 Å². The molecule has 0 fully saturated rings.